The molecule has 0 aromatic heterocycles. The standard InChI is InChI=1S/C25H31NO3/c1-3-28-25(27)16-8-9-17-26(2)18-10-14-22-21-12-5-4-11-20(21)19-29-24-15-7-6-13-23(22)24/h4-7,11-15H,3,8-10,16-19H2,1-2H3. The van der Waals surface area contributed by atoms with E-state index in [1.54, 1.807) is 0 Å². The van der Waals surface area contributed by atoms with Crippen molar-refractivity contribution in [3.05, 3.63) is 71.3 Å². The van der Waals surface area contributed by atoms with Crippen LogP contribution >= 0.6 is 0 Å². The Hall–Kier alpha value is -2.59. The predicted octanol–water partition coefficient (Wildman–Crippen LogP) is 5.07. The lowest BCUT2D eigenvalue weighted by molar-refractivity contribution is -0.143. The Morgan fingerprint density at radius 1 is 1.07 bits per heavy atom. The molecule has 0 fully saturated rings. The van der Waals surface area contributed by atoms with Gasteiger partial charge in [0.25, 0.3) is 0 Å². The minimum atomic E-state index is -0.0900. The summed E-state index contributed by atoms with van der Waals surface area (Å²) in [5.74, 6) is 0.857. The number of esters is 1. The van der Waals surface area contributed by atoms with E-state index in [9.17, 15) is 4.79 Å². The van der Waals surface area contributed by atoms with Crippen LogP contribution in [0.2, 0.25) is 0 Å². The largest absolute Gasteiger partial charge is 0.488 e. The van der Waals surface area contributed by atoms with E-state index in [4.69, 9.17) is 9.47 Å². The Bertz CT molecular complexity index is 794. The van der Waals surface area contributed by atoms with Gasteiger partial charge >= 0.3 is 5.97 Å². The van der Waals surface area contributed by atoms with Gasteiger partial charge in [-0.2, -0.15) is 0 Å². The molecule has 2 aromatic carbocycles. The maximum atomic E-state index is 11.4. The Morgan fingerprint density at radius 3 is 2.66 bits per heavy atom. The zero-order valence-corrected chi connectivity index (χ0v) is 17.5. The van der Waals surface area contributed by atoms with Gasteiger partial charge in [-0.05, 0) is 62.5 Å². The molecule has 1 aliphatic rings. The maximum Gasteiger partial charge on any atom is 0.305 e. The molecule has 0 saturated carbocycles. The molecule has 0 N–H and O–H groups in total. The van der Waals surface area contributed by atoms with Crippen molar-refractivity contribution >= 4 is 11.5 Å². The molecule has 0 atom stereocenters. The molecule has 2 aromatic rings. The highest BCUT2D eigenvalue weighted by molar-refractivity contribution is 5.84. The van der Waals surface area contributed by atoms with Crippen LogP contribution in [0.3, 0.4) is 0 Å². The van der Waals surface area contributed by atoms with Gasteiger partial charge in [-0.25, -0.2) is 0 Å². The van der Waals surface area contributed by atoms with Gasteiger partial charge in [0.05, 0.1) is 6.61 Å². The van der Waals surface area contributed by atoms with Gasteiger partial charge in [0.1, 0.15) is 12.4 Å². The number of carbonyl (C=O) groups excluding carboxylic acids is 1. The van der Waals surface area contributed by atoms with Gasteiger partial charge in [0.2, 0.25) is 0 Å². The molecule has 0 amide bonds. The monoisotopic (exact) mass is 393 g/mol. The first-order valence-electron chi connectivity index (χ1n) is 10.5. The molecule has 4 heteroatoms. The lowest BCUT2D eigenvalue weighted by atomic mass is 9.93. The number of hydrogen-bond acceptors (Lipinski definition) is 4. The minimum Gasteiger partial charge on any atom is -0.488 e. The number of ether oxygens (including phenoxy) is 2. The number of fused-ring (bicyclic) bond motifs is 2. The fourth-order valence-corrected chi connectivity index (χ4v) is 3.67. The van der Waals surface area contributed by atoms with E-state index in [-0.39, 0.29) is 5.97 Å². The first-order chi connectivity index (χ1) is 14.2. The van der Waals surface area contributed by atoms with E-state index in [0.717, 1.165) is 43.7 Å². The first-order valence-corrected chi connectivity index (χ1v) is 10.5. The van der Waals surface area contributed by atoms with E-state index in [0.29, 0.717) is 19.6 Å². The lowest BCUT2D eigenvalue weighted by Gasteiger charge is -2.16. The van der Waals surface area contributed by atoms with Gasteiger partial charge < -0.3 is 14.4 Å². The SMILES string of the molecule is CCOC(=O)CCCCN(C)CCC=C1c2ccccc2COc2ccccc21. The zero-order valence-electron chi connectivity index (χ0n) is 17.5. The highest BCUT2D eigenvalue weighted by Crippen LogP contribution is 2.36. The highest BCUT2D eigenvalue weighted by atomic mass is 16.5. The fraction of sp³-hybridized carbons (Fsp3) is 0.400. The molecule has 154 valence electrons. The summed E-state index contributed by atoms with van der Waals surface area (Å²) in [6, 6.07) is 16.8. The normalized spacial score (nSPS) is 14.1. The van der Waals surface area contributed by atoms with Crippen LogP contribution in [0.5, 0.6) is 5.75 Å². The van der Waals surface area contributed by atoms with E-state index in [1.807, 2.05) is 19.1 Å². The van der Waals surface area contributed by atoms with Gasteiger partial charge in [0, 0.05) is 18.5 Å². The van der Waals surface area contributed by atoms with Crippen LogP contribution in [-0.4, -0.2) is 37.6 Å². The molecular formula is C25H31NO3. The van der Waals surface area contributed by atoms with Crippen molar-refractivity contribution in [3.8, 4) is 5.75 Å². The number of unbranched alkanes of at least 4 members (excludes halogenated alkanes) is 1. The molecular weight excluding hydrogens is 362 g/mol. The third-order valence-corrected chi connectivity index (χ3v) is 5.20. The average molecular weight is 394 g/mol. The number of hydrogen-bond donors (Lipinski definition) is 0. The van der Waals surface area contributed by atoms with E-state index in [2.05, 4.69) is 54.4 Å². The summed E-state index contributed by atoms with van der Waals surface area (Å²) in [7, 11) is 2.14. The summed E-state index contributed by atoms with van der Waals surface area (Å²) in [6.45, 7) is 4.87. The topological polar surface area (TPSA) is 38.8 Å². The van der Waals surface area contributed by atoms with Crippen LogP contribution in [0.25, 0.3) is 5.57 Å². The molecule has 1 aliphatic heterocycles. The number of nitrogens with zero attached hydrogens (tertiary/aromatic N) is 1. The van der Waals surface area contributed by atoms with Gasteiger partial charge in [0.15, 0.2) is 0 Å². The molecule has 0 bridgehead atoms. The van der Waals surface area contributed by atoms with E-state index < -0.39 is 0 Å². The highest BCUT2D eigenvalue weighted by Gasteiger charge is 2.18. The summed E-state index contributed by atoms with van der Waals surface area (Å²) < 4.78 is 11.0. The van der Waals surface area contributed by atoms with Crippen molar-refractivity contribution in [2.75, 3.05) is 26.7 Å². The smallest absolute Gasteiger partial charge is 0.305 e. The lowest BCUT2D eigenvalue weighted by Crippen LogP contribution is -2.20. The molecule has 0 spiro atoms. The minimum absolute atomic E-state index is 0.0900. The third-order valence-electron chi connectivity index (χ3n) is 5.20. The average Bonchev–Trinajstić information content (AvgIpc) is 2.89. The van der Waals surface area contributed by atoms with E-state index in [1.165, 1.54) is 16.7 Å². The van der Waals surface area contributed by atoms with Crippen molar-refractivity contribution in [2.24, 2.45) is 0 Å². The van der Waals surface area contributed by atoms with Crippen molar-refractivity contribution in [1.82, 2.24) is 4.90 Å². The molecule has 0 radical (unpaired) electrons. The van der Waals surface area contributed by atoms with Crippen LogP contribution in [0.4, 0.5) is 0 Å². The zero-order chi connectivity index (χ0) is 20.5. The quantitative estimate of drug-likeness (QED) is 0.441. The van der Waals surface area contributed by atoms with Crippen molar-refractivity contribution in [1.29, 1.82) is 0 Å². The summed E-state index contributed by atoms with van der Waals surface area (Å²) in [5.41, 5.74) is 4.90. The molecule has 4 nitrogen and oxygen atoms in total. The van der Waals surface area contributed by atoms with Crippen LogP contribution in [0, 0.1) is 0 Å². The third kappa shape index (κ3) is 5.94. The summed E-state index contributed by atoms with van der Waals surface area (Å²) >= 11 is 0. The molecule has 29 heavy (non-hydrogen) atoms. The van der Waals surface area contributed by atoms with Crippen LogP contribution in [-0.2, 0) is 16.1 Å². The maximum absolute atomic E-state index is 11.4. The van der Waals surface area contributed by atoms with Crippen LogP contribution in [0.15, 0.2) is 54.6 Å². The number of benzene rings is 2. The number of carbonyl (C=O) groups is 1. The summed E-state index contributed by atoms with van der Waals surface area (Å²) in [5, 5.41) is 0. The summed E-state index contributed by atoms with van der Waals surface area (Å²) in [4.78, 5) is 13.7. The number of rotatable bonds is 9. The fourth-order valence-electron chi connectivity index (χ4n) is 3.67. The second-order valence-electron chi connectivity index (χ2n) is 7.41. The van der Waals surface area contributed by atoms with Gasteiger partial charge in [-0.3, -0.25) is 4.79 Å². The Kier molecular flexibility index (Phi) is 7.88. The number of para-hydroxylation sites is 1. The Labute approximate surface area is 174 Å². The molecule has 3 rings (SSSR count). The van der Waals surface area contributed by atoms with E-state index >= 15 is 0 Å². The van der Waals surface area contributed by atoms with Crippen molar-refractivity contribution in [2.45, 2.75) is 39.2 Å². The predicted molar refractivity (Wildman–Crippen MR) is 117 cm³/mol. The van der Waals surface area contributed by atoms with Crippen LogP contribution in [0.1, 0.15) is 49.3 Å². The van der Waals surface area contributed by atoms with Gasteiger partial charge in [-0.15, -0.1) is 0 Å². The van der Waals surface area contributed by atoms with Crippen LogP contribution < -0.4 is 4.74 Å². The van der Waals surface area contributed by atoms with Crippen molar-refractivity contribution in [3.63, 3.8) is 0 Å². The van der Waals surface area contributed by atoms with Gasteiger partial charge in [-0.1, -0.05) is 48.5 Å². The Morgan fingerprint density at radius 2 is 1.83 bits per heavy atom. The molecule has 0 unspecified atom stereocenters. The summed E-state index contributed by atoms with van der Waals surface area (Å²) in [6.07, 6.45) is 5.70. The first kappa shape index (κ1) is 21.1. The molecule has 0 saturated heterocycles. The second-order valence-corrected chi connectivity index (χ2v) is 7.41. The Balaban J connectivity index is 1.59. The second kappa shape index (κ2) is 10.8. The van der Waals surface area contributed by atoms with Crippen molar-refractivity contribution < 1.29 is 14.3 Å². The molecule has 0 aliphatic carbocycles. The molecule has 1 heterocycles.